The molecule has 27 heavy (non-hydrogen) atoms. The number of nitrogens with two attached hydrogens (primary N) is 1. The van der Waals surface area contributed by atoms with Crippen molar-refractivity contribution in [3.63, 3.8) is 0 Å². The summed E-state index contributed by atoms with van der Waals surface area (Å²) in [4.78, 5) is 19.4. The summed E-state index contributed by atoms with van der Waals surface area (Å²) in [6, 6.07) is 10.0. The third kappa shape index (κ3) is 3.65. The van der Waals surface area contributed by atoms with Crippen LogP contribution in [0.1, 0.15) is 30.3 Å². The van der Waals surface area contributed by atoms with Crippen molar-refractivity contribution in [2.75, 3.05) is 13.1 Å². The zero-order valence-electron chi connectivity index (χ0n) is 15.3. The van der Waals surface area contributed by atoms with Gasteiger partial charge in [-0.05, 0) is 30.9 Å². The van der Waals surface area contributed by atoms with Gasteiger partial charge in [-0.2, -0.15) is 5.10 Å². The topological polar surface area (TPSA) is 77.0 Å². The van der Waals surface area contributed by atoms with E-state index in [1.807, 2.05) is 51.5 Å². The first-order valence-electron chi connectivity index (χ1n) is 9.22. The van der Waals surface area contributed by atoms with Crippen molar-refractivity contribution in [2.45, 2.75) is 25.8 Å². The second-order valence-corrected chi connectivity index (χ2v) is 7.92. The van der Waals surface area contributed by atoms with Crippen LogP contribution in [0, 0.1) is 5.92 Å². The Balaban J connectivity index is 1.53. The van der Waals surface area contributed by atoms with Gasteiger partial charge in [0.25, 0.3) is 5.91 Å². The number of hydrogen-bond donors (Lipinski definition) is 1. The van der Waals surface area contributed by atoms with Crippen molar-refractivity contribution in [1.29, 1.82) is 0 Å². The quantitative estimate of drug-likeness (QED) is 0.753. The lowest BCUT2D eigenvalue weighted by Gasteiger charge is -2.37. The number of likely N-dealkylation sites (tertiary alicyclic amines) is 1. The summed E-state index contributed by atoms with van der Waals surface area (Å²) in [6.07, 6.45) is 5.70. The van der Waals surface area contributed by atoms with Gasteiger partial charge < -0.3 is 10.6 Å². The number of piperidine rings is 1. The second kappa shape index (κ2) is 7.62. The molecule has 7 heteroatoms. The fraction of sp³-hybridized carbons (Fsp3) is 0.350. The smallest absolute Gasteiger partial charge is 0.273 e. The molecule has 0 spiro atoms. The number of nitrogens with zero attached hydrogens (tertiary/aromatic N) is 4. The van der Waals surface area contributed by atoms with Gasteiger partial charge in [-0.25, -0.2) is 9.67 Å². The zero-order chi connectivity index (χ0) is 18.8. The van der Waals surface area contributed by atoms with Crippen LogP contribution < -0.4 is 5.73 Å². The maximum Gasteiger partial charge on any atom is 0.273 e. The Morgan fingerprint density at radius 3 is 2.93 bits per heavy atom. The van der Waals surface area contributed by atoms with Crippen molar-refractivity contribution in [3.8, 4) is 16.3 Å². The molecule has 140 valence electrons. The first-order valence-corrected chi connectivity index (χ1v) is 10.1. The SMILES string of the molecule is CC1CCN(C(=O)c2csc(-c3cnn(-c4ccccc4)c3)n2)C(CN)C1. The van der Waals surface area contributed by atoms with Crippen LogP contribution in [-0.2, 0) is 0 Å². The van der Waals surface area contributed by atoms with Crippen molar-refractivity contribution in [1.82, 2.24) is 19.7 Å². The van der Waals surface area contributed by atoms with E-state index in [2.05, 4.69) is 17.0 Å². The number of carbonyl (C=O) groups excluding carboxylic acids is 1. The van der Waals surface area contributed by atoms with Gasteiger partial charge in [0.1, 0.15) is 10.7 Å². The summed E-state index contributed by atoms with van der Waals surface area (Å²) in [6.45, 7) is 3.47. The van der Waals surface area contributed by atoms with Crippen LogP contribution >= 0.6 is 11.3 Å². The Bertz CT molecular complexity index is 919. The Labute approximate surface area is 162 Å². The molecule has 1 saturated heterocycles. The Morgan fingerprint density at radius 1 is 1.33 bits per heavy atom. The van der Waals surface area contributed by atoms with Crippen molar-refractivity contribution in [2.24, 2.45) is 11.7 Å². The summed E-state index contributed by atoms with van der Waals surface area (Å²) < 4.78 is 1.81. The highest BCUT2D eigenvalue weighted by Gasteiger charge is 2.30. The average molecular weight is 382 g/mol. The van der Waals surface area contributed by atoms with Crippen molar-refractivity contribution < 1.29 is 4.79 Å². The molecule has 2 atom stereocenters. The standard InChI is InChI=1S/C20H23N5OS/c1-14-7-8-24(17(9-14)10-21)20(26)18-13-27-19(23-18)15-11-22-25(12-15)16-5-3-2-4-6-16/h2-6,11-14,17H,7-10,21H2,1H3. The van der Waals surface area contributed by atoms with Crippen LogP contribution in [0.15, 0.2) is 48.1 Å². The number of aromatic nitrogens is 3. The second-order valence-electron chi connectivity index (χ2n) is 7.06. The molecule has 1 aliphatic heterocycles. The van der Waals surface area contributed by atoms with Crippen LogP contribution in [-0.4, -0.2) is 44.7 Å². The van der Waals surface area contributed by atoms with E-state index in [1.165, 1.54) is 11.3 Å². The predicted molar refractivity (Wildman–Crippen MR) is 107 cm³/mol. The van der Waals surface area contributed by atoms with Gasteiger partial charge in [-0.15, -0.1) is 11.3 Å². The van der Waals surface area contributed by atoms with E-state index in [-0.39, 0.29) is 11.9 Å². The number of amides is 1. The molecule has 1 aliphatic rings. The molecule has 1 fully saturated rings. The van der Waals surface area contributed by atoms with Crippen LogP contribution in [0.4, 0.5) is 0 Å². The summed E-state index contributed by atoms with van der Waals surface area (Å²) >= 11 is 1.47. The number of para-hydroxylation sites is 1. The number of hydrogen-bond acceptors (Lipinski definition) is 5. The van der Waals surface area contributed by atoms with Crippen LogP contribution in [0.2, 0.25) is 0 Å². The Kier molecular flexibility index (Phi) is 5.05. The van der Waals surface area contributed by atoms with E-state index < -0.39 is 0 Å². The minimum absolute atomic E-state index is 0.0182. The van der Waals surface area contributed by atoms with Crippen LogP contribution in [0.3, 0.4) is 0 Å². The van der Waals surface area contributed by atoms with E-state index in [0.717, 1.165) is 35.6 Å². The lowest BCUT2D eigenvalue weighted by Crippen LogP contribution is -2.49. The lowest BCUT2D eigenvalue weighted by atomic mass is 9.92. The molecule has 3 heterocycles. The first kappa shape index (κ1) is 17.9. The first-order chi connectivity index (χ1) is 13.2. The van der Waals surface area contributed by atoms with E-state index in [1.54, 1.807) is 6.20 Å². The highest BCUT2D eigenvalue weighted by Crippen LogP contribution is 2.27. The highest BCUT2D eigenvalue weighted by atomic mass is 32.1. The summed E-state index contributed by atoms with van der Waals surface area (Å²) in [5.74, 6) is 0.590. The summed E-state index contributed by atoms with van der Waals surface area (Å²) in [7, 11) is 0. The van der Waals surface area contributed by atoms with Gasteiger partial charge in [-0.1, -0.05) is 25.1 Å². The third-order valence-electron chi connectivity index (χ3n) is 5.08. The maximum atomic E-state index is 12.9. The van der Waals surface area contributed by atoms with Crippen LogP contribution in [0.25, 0.3) is 16.3 Å². The van der Waals surface area contributed by atoms with E-state index in [9.17, 15) is 4.79 Å². The maximum absolute atomic E-state index is 12.9. The van der Waals surface area contributed by atoms with E-state index in [0.29, 0.717) is 18.2 Å². The van der Waals surface area contributed by atoms with E-state index in [4.69, 9.17) is 5.73 Å². The molecule has 1 amide bonds. The monoisotopic (exact) mass is 381 g/mol. The van der Waals surface area contributed by atoms with Crippen molar-refractivity contribution >= 4 is 17.2 Å². The number of thiazole rings is 1. The molecule has 2 N–H and O–H groups in total. The normalized spacial score (nSPS) is 20.0. The third-order valence-corrected chi connectivity index (χ3v) is 5.98. The summed E-state index contributed by atoms with van der Waals surface area (Å²) in [5, 5.41) is 7.05. The Hall–Kier alpha value is -2.51. The molecule has 0 aliphatic carbocycles. The fourth-order valence-corrected chi connectivity index (χ4v) is 4.32. The molecule has 2 unspecified atom stereocenters. The molecule has 0 saturated carbocycles. The van der Waals surface area contributed by atoms with Crippen molar-refractivity contribution in [3.05, 3.63) is 53.8 Å². The number of rotatable bonds is 4. The molecule has 6 nitrogen and oxygen atoms in total. The van der Waals surface area contributed by atoms with Gasteiger partial charge >= 0.3 is 0 Å². The molecule has 4 rings (SSSR count). The number of benzene rings is 1. The molecular weight excluding hydrogens is 358 g/mol. The molecule has 1 aromatic carbocycles. The molecule has 0 radical (unpaired) electrons. The highest BCUT2D eigenvalue weighted by molar-refractivity contribution is 7.13. The minimum Gasteiger partial charge on any atom is -0.333 e. The number of carbonyl (C=O) groups is 1. The van der Waals surface area contributed by atoms with E-state index >= 15 is 0 Å². The average Bonchev–Trinajstić information content (AvgIpc) is 3.37. The van der Waals surface area contributed by atoms with Gasteiger partial charge in [0, 0.05) is 36.3 Å². The largest absolute Gasteiger partial charge is 0.333 e. The van der Waals surface area contributed by atoms with Gasteiger partial charge in [0.05, 0.1) is 11.9 Å². The predicted octanol–water partition coefficient (Wildman–Crippen LogP) is 3.20. The molecule has 3 aromatic rings. The van der Waals surface area contributed by atoms with Crippen LogP contribution in [0.5, 0.6) is 0 Å². The lowest BCUT2D eigenvalue weighted by molar-refractivity contribution is 0.0568. The minimum atomic E-state index is -0.0182. The summed E-state index contributed by atoms with van der Waals surface area (Å²) in [5.41, 5.74) is 8.30. The van der Waals surface area contributed by atoms with Gasteiger partial charge in [-0.3, -0.25) is 4.79 Å². The van der Waals surface area contributed by atoms with Gasteiger partial charge in [0.15, 0.2) is 0 Å². The Morgan fingerprint density at radius 2 is 2.15 bits per heavy atom. The molecule has 0 bridgehead atoms. The molecular formula is C20H23N5OS. The fourth-order valence-electron chi connectivity index (χ4n) is 3.55. The molecule has 2 aromatic heterocycles. The van der Waals surface area contributed by atoms with Gasteiger partial charge in [0.2, 0.25) is 0 Å². The zero-order valence-corrected chi connectivity index (χ0v) is 16.1.